The van der Waals surface area contributed by atoms with Gasteiger partial charge in [0.05, 0.1) is 6.33 Å². The molecule has 0 aliphatic rings. The van der Waals surface area contributed by atoms with Gasteiger partial charge in [-0.15, -0.1) is 0 Å². The first kappa shape index (κ1) is 11.4. The summed E-state index contributed by atoms with van der Waals surface area (Å²) in [5.41, 5.74) is 0.194. The summed E-state index contributed by atoms with van der Waals surface area (Å²) in [5.74, 6) is 0. The molecule has 2 aromatic rings. The number of rotatable bonds is 2. The highest BCUT2D eigenvalue weighted by Crippen LogP contribution is 2.05. The van der Waals surface area contributed by atoms with E-state index in [1.54, 1.807) is 17.9 Å². The average Bonchev–Trinajstić information content (AvgIpc) is 2.75. The van der Waals surface area contributed by atoms with Crippen LogP contribution in [0.1, 0.15) is 6.92 Å². The van der Waals surface area contributed by atoms with Crippen molar-refractivity contribution in [1.29, 1.82) is 0 Å². The molecule has 0 atom stereocenters. The minimum Gasteiger partial charge on any atom is -0.321 e. The van der Waals surface area contributed by atoms with E-state index in [1.165, 1.54) is 11.6 Å². The fourth-order valence-electron chi connectivity index (χ4n) is 1.75. The molecule has 0 aromatic carbocycles. The standard InChI is InChI=1S/C11H14N4O2/c1-4-5-6-15-7-12-9-8(15)10(16)14(3)11(17)13(9)2/h4-5,7H,6H2,1-3H3/b5-4-. The van der Waals surface area contributed by atoms with Crippen LogP contribution in [0.4, 0.5) is 0 Å². The highest BCUT2D eigenvalue weighted by Gasteiger charge is 2.13. The van der Waals surface area contributed by atoms with Gasteiger partial charge in [0.15, 0.2) is 11.2 Å². The third-order valence-electron chi connectivity index (χ3n) is 2.76. The number of fused-ring (bicyclic) bond motifs is 1. The van der Waals surface area contributed by atoms with E-state index in [-0.39, 0.29) is 11.2 Å². The van der Waals surface area contributed by atoms with Gasteiger partial charge in [-0.2, -0.15) is 0 Å². The highest BCUT2D eigenvalue weighted by molar-refractivity contribution is 5.69. The Kier molecular flexibility index (Phi) is 2.71. The molecule has 0 amide bonds. The van der Waals surface area contributed by atoms with Crippen LogP contribution in [0, 0.1) is 0 Å². The van der Waals surface area contributed by atoms with Gasteiger partial charge in [0.25, 0.3) is 5.56 Å². The summed E-state index contributed by atoms with van der Waals surface area (Å²) in [4.78, 5) is 27.8. The molecule has 0 fully saturated rings. The minimum absolute atomic E-state index is 0.315. The lowest BCUT2D eigenvalue weighted by molar-refractivity contribution is 0.703. The Morgan fingerprint density at radius 1 is 1.29 bits per heavy atom. The lowest BCUT2D eigenvalue weighted by Gasteiger charge is -2.04. The molecular weight excluding hydrogens is 220 g/mol. The summed E-state index contributed by atoms with van der Waals surface area (Å²) >= 11 is 0. The molecule has 6 heteroatoms. The van der Waals surface area contributed by atoms with Crippen LogP contribution >= 0.6 is 0 Å². The molecule has 6 nitrogen and oxygen atoms in total. The van der Waals surface area contributed by atoms with Crippen LogP contribution in [-0.2, 0) is 20.6 Å². The number of imidazole rings is 1. The maximum absolute atomic E-state index is 12.0. The van der Waals surface area contributed by atoms with Crippen molar-refractivity contribution in [2.45, 2.75) is 13.5 Å². The first-order chi connectivity index (χ1) is 8.07. The number of allylic oxidation sites excluding steroid dienone is 2. The molecule has 2 rings (SSSR count). The zero-order chi connectivity index (χ0) is 12.6. The molecule has 2 aromatic heterocycles. The molecule has 17 heavy (non-hydrogen) atoms. The van der Waals surface area contributed by atoms with Crippen LogP contribution in [0.2, 0.25) is 0 Å². The van der Waals surface area contributed by atoms with Crippen LogP contribution in [0.25, 0.3) is 11.2 Å². The normalized spacial score (nSPS) is 11.7. The van der Waals surface area contributed by atoms with Crippen molar-refractivity contribution in [2.24, 2.45) is 14.1 Å². The van der Waals surface area contributed by atoms with Crippen molar-refractivity contribution in [3.63, 3.8) is 0 Å². The van der Waals surface area contributed by atoms with E-state index in [2.05, 4.69) is 4.98 Å². The van der Waals surface area contributed by atoms with E-state index in [0.717, 1.165) is 4.57 Å². The Morgan fingerprint density at radius 2 is 2.00 bits per heavy atom. The number of aryl methyl sites for hydroxylation is 1. The topological polar surface area (TPSA) is 61.8 Å². The molecule has 2 heterocycles. The van der Waals surface area contributed by atoms with Crippen molar-refractivity contribution in [1.82, 2.24) is 18.7 Å². The maximum Gasteiger partial charge on any atom is 0.332 e. The Hall–Kier alpha value is -2.11. The summed E-state index contributed by atoms with van der Waals surface area (Å²) in [6, 6.07) is 0. The van der Waals surface area contributed by atoms with Gasteiger partial charge in [0.1, 0.15) is 0 Å². The molecule has 0 saturated heterocycles. The molecule has 0 aliphatic carbocycles. The molecule has 0 saturated carbocycles. The number of hydrogen-bond donors (Lipinski definition) is 0. The second kappa shape index (κ2) is 4.04. The largest absolute Gasteiger partial charge is 0.332 e. The van der Waals surface area contributed by atoms with Crippen LogP contribution < -0.4 is 11.2 Å². The molecular formula is C11H14N4O2. The summed E-state index contributed by atoms with van der Waals surface area (Å²) in [5, 5.41) is 0. The second-order valence-electron chi connectivity index (χ2n) is 3.84. The zero-order valence-electron chi connectivity index (χ0n) is 10.0. The fraction of sp³-hybridized carbons (Fsp3) is 0.364. The fourth-order valence-corrected chi connectivity index (χ4v) is 1.75. The van der Waals surface area contributed by atoms with Crippen LogP contribution in [0.15, 0.2) is 28.1 Å². The van der Waals surface area contributed by atoms with E-state index in [0.29, 0.717) is 17.7 Å². The first-order valence-electron chi connectivity index (χ1n) is 5.30. The smallest absolute Gasteiger partial charge is 0.321 e. The molecule has 90 valence electrons. The molecule has 0 N–H and O–H groups in total. The third kappa shape index (κ3) is 1.61. The van der Waals surface area contributed by atoms with Gasteiger partial charge in [-0.1, -0.05) is 12.2 Å². The lowest BCUT2D eigenvalue weighted by Crippen LogP contribution is -2.37. The Balaban J connectivity index is 2.86. The maximum atomic E-state index is 12.0. The number of aromatic nitrogens is 4. The van der Waals surface area contributed by atoms with Crippen molar-refractivity contribution in [2.75, 3.05) is 0 Å². The van der Waals surface area contributed by atoms with E-state index >= 15 is 0 Å². The van der Waals surface area contributed by atoms with Crippen LogP contribution in [0.3, 0.4) is 0 Å². The van der Waals surface area contributed by atoms with Gasteiger partial charge >= 0.3 is 5.69 Å². The van der Waals surface area contributed by atoms with Crippen molar-refractivity contribution < 1.29 is 0 Å². The Labute approximate surface area is 97.4 Å². The SMILES string of the molecule is C/C=C\Cn1cnc2c1c(=O)n(C)c(=O)n2C. The summed E-state index contributed by atoms with van der Waals surface area (Å²) in [6.45, 7) is 2.48. The van der Waals surface area contributed by atoms with Gasteiger partial charge in [0.2, 0.25) is 0 Å². The molecule has 0 radical (unpaired) electrons. The second-order valence-corrected chi connectivity index (χ2v) is 3.84. The van der Waals surface area contributed by atoms with Gasteiger partial charge in [-0.05, 0) is 6.92 Å². The van der Waals surface area contributed by atoms with Crippen LogP contribution in [-0.4, -0.2) is 18.7 Å². The number of nitrogens with zero attached hydrogens (tertiary/aromatic N) is 4. The molecule has 0 bridgehead atoms. The van der Waals surface area contributed by atoms with Gasteiger partial charge < -0.3 is 4.57 Å². The van der Waals surface area contributed by atoms with Gasteiger partial charge in [-0.25, -0.2) is 9.78 Å². The first-order valence-corrected chi connectivity index (χ1v) is 5.30. The van der Waals surface area contributed by atoms with Crippen molar-refractivity contribution in [3.8, 4) is 0 Å². The Morgan fingerprint density at radius 3 is 2.65 bits per heavy atom. The van der Waals surface area contributed by atoms with E-state index < -0.39 is 0 Å². The van der Waals surface area contributed by atoms with E-state index in [9.17, 15) is 9.59 Å². The average molecular weight is 234 g/mol. The summed E-state index contributed by atoms with van der Waals surface area (Å²) < 4.78 is 4.20. The zero-order valence-corrected chi connectivity index (χ0v) is 10.0. The van der Waals surface area contributed by atoms with E-state index in [1.807, 2.05) is 19.1 Å². The predicted octanol–water partition coefficient (Wildman–Crippen LogP) is 0.00980. The molecule has 0 aliphatic heterocycles. The highest BCUT2D eigenvalue weighted by atomic mass is 16.2. The summed E-state index contributed by atoms with van der Waals surface area (Å²) in [7, 11) is 3.08. The van der Waals surface area contributed by atoms with Crippen LogP contribution in [0.5, 0.6) is 0 Å². The predicted molar refractivity (Wildman–Crippen MR) is 65.0 cm³/mol. The van der Waals surface area contributed by atoms with E-state index in [4.69, 9.17) is 0 Å². The summed E-state index contributed by atoms with van der Waals surface area (Å²) in [6.07, 6.45) is 5.40. The quantitative estimate of drug-likeness (QED) is 0.688. The van der Waals surface area contributed by atoms with Gasteiger partial charge in [0, 0.05) is 20.6 Å². The lowest BCUT2D eigenvalue weighted by atomic mass is 10.4. The molecule has 0 unspecified atom stereocenters. The van der Waals surface area contributed by atoms with Gasteiger partial charge in [-0.3, -0.25) is 13.9 Å². The minimum atomic E-state index is -0.362. The number of hydrogen-bond acceptors (Lipinski definition) is 3. The third-order valence-corrected chi connectivity index (χ3v) is 2.76. The van der Waals surface area contributed by atoms with Crippen molar-refractivity contribution in [3.05, 3.63) is 39.3 Å². The van der Waals surface area contributed by atoms with Crippen molar-refractivity contribution >= 4 is 11.2 Å². The monoisotopic (exact) mass is 234 g/mol. The Bertz CT molecular complexity index is 703. The molecule has 0 spiro atoms.